The van der Waals surface area contributed by atoms with E-state index in [1.807, 2.05) is 38.4 Å². The molecule has 0 heterocycles. The summed E-state index contributed by atoms with van der Waals surface area (Å²) in [7, 11) is 4.05. The summed E-state index contributed by atoms with van der Waals surface area (Å²) in [4.78, 5) is 2.09. The van der Waals surface area contributed by atoms with E-state index in [9.17, 15) is 5.11 Å². The molecule has 114 valence electrons. The van der Waals surface area contributed by atoms with Crippen molar-refractivity contribution in [3.63, 3.8) is 0 Å². The molecule has 3 heteroatoms. The SMILES string of the molecule is CC(C)CCOc1ccc(C(O)C(C)CN(C)C)cc1. The third-order valence-corrected chi connectivity index (χ3v) is 3.38. The molecule has 0 saturated carbocycles. The molecule has 0 saturated heterocycles. The number of nitrogens with zero attached hydrogens (tertiary/aromatic N) is 1. The Kier molecular flexibility index (Phi) is 7.03. The number of benzene rings is 1. The van der Waals surface area contributed by atoms with Crippen LogP contribution in [0.15, 0.2) is 24.3 Å². The highest BCUT2D eigenvalue weighted by Crippen LogP contribution is 2.24. The number of ether oxygens (including phenoxy) is 1. The summed E-state index contributed by atoms with van der Waals surface area (Å²) in [6.45, 7) is 8.06. The Morgan fingerprint density at radius 3 is 2.20 bits per heavy atom. The van der Waals surface area contributed by atoms with Crippen LogP contribution in [0.1, 0.15) is 38.9 Å². The van der Waals surface area contributed by atoms with Crippen LogP contribution < -0.4 is 4.74 Å². The molecule has 3 nitrogen and oxygen atoms in total. The van der Waals surface area contributed by atoms with E-state index in [0.29, 0.717) is 5.92 Å². The fourth-order valence-corrected chi connectivity index (χ4v) is 2.18. The molecule has 0 bridgehead atoms. The second-order valence-electron chi connectivity index (χ2n) is 6.28. The van der Waals surface area contributed by atoms with Gasteiger partial charge in [0.25, 0.3) is 0 Å². The van der Waals surface area contributed by atoms with Crippen molar-refractivity contribution < 1.29 is 9.84 Å². The third-order valence-electron chi connectivity index (χ3n) is 3.38. The third kappa shape index (κ3) is 5.93. The lowest BCUT2D eigenvalue weighted by Gasteiger charge is -2.22. The van der Waals surface area contributed by atoms with Crippen LogP contribution in [0.25, 0.3) is 0 Å². The molecular formula is C17H29NO2. The summed E-state index contributed by atoms with van der Waals surface area (Å²) >= 11 is 0. The van der Waals surface area contributed by atoms with Gasteiger partial charge in [-0.2, -0.15) is 0 Å². The zero-order valence-corrected chi connectivity index (χ0v) is 13.5. The van der Waals surface area contributed by atoms with E-state index in [-0.39, 0.29) is 5.92 Å². The van der Waals surface area contributed by atoms with E-state index < -0.39 is 6.10 Å². The van der Waals surface area contributed by atoms with Crippen LogP contribution in [0.3, 0.4) is 0 Å². The summed E-state index contributed by atoms with van der Waals surface area (Å²) in [5.74, 6) is 1.74. The second kappa shape index (κ2) is 8.28. The largest absolute Gasteiger partial charge is 0.494 e. The lowest BCUT2D eigenvalue weighted by molar-refractivity contribution is 0.100. The normalized spacial score (nSPS) is 14.6. The van der Waals surface area contributed by atoms with Gasteiger partial charge in [-0.25, -0.2) is 0 Å². The van der Waals surface area contributed by atoms with Crippen LogP contribution in [0, 0.1) is 11.8 Å². The molecule has 0 aliphatic carbocycles. The first-order valence-electron chi connectivity index (χ1n) is 7.45. The van der Waals surface area contributed by atoms with E-state index in [2.05, 4.69) is 25.7 Å². The van der Waals surface area contributed by atoms with Crippen LogP contribution in [-0.2, 0) is 0 Å². The molecule has 1 N–H and O–H groups in total. The van der Waals surface area contributed by atoms with Gasteiger partial charge in [-0.3, -0.25) is 0 Å². The first-order chi connectivity index (χ1) is 9.40. The number of rotatable bonds is 8. The van der Waals surface area contributed by atoms with Gasteiger partial charge in [0.1, 0.15) is 5.75 Å². The summed E-state index contributed by atoms with van der Waals surface area (Å²) in [6.07, 6.45) is 0.631. The van der Waals surface area contributed by atoms with E-state index in [1.54, 1.807) is 0 Å². The molecule has 1 rings (SSSR count). The molecule has 1 aromatic carbocycles. The van der Waals surface area contributed by atoms with Gasteiger partial charge < -0.3 is 14.7 Å². The summed E-state index contributed by atoms with van der Waals surface area (Å²) in [5, 5.41) is 10.3. The smallest absolute Gasteiger partial charge is 0.119 e. The van der Waals surface area contributed by atoms with Crippen molar-refractivity contribution in [2.24, 2.45) is 11.8 Å². The topological polar surface area (TPSA) is 32.7 Å². The molecule has 0 fully saturated rings. The first kappa shape index (κ1) is 17.0. The van der Waals surface area contributed by atoms with Crippen LogP contribution in [0.4, 0.5) is 0 Å². The number of hydrogen-bond acceptors (Lipinski definition) is 3. The summed E-state index contributed by atoms with van der Waals surface area (Å²) < 4.78 is 5.69. The maximum Gasteiger partial charge on any atom is 0.119 e. The summed E-state index contributed by atoms with van der Waals surface area (Å²) in [6, 6.07) is 7.81. The number of aliphatic hydroxyl groups is 1. The Balaban J connectivity index is 2.52. The Hall–Kier alpha value is -1.06. The Bertz CT molecular complexity index is 373. The highest BCUT2D eigenvalue weighted by Gasteiger charge is 2.16. The van der Waals surface area contributed by atoms with Crippen molar-refractivity contribution in [2.75, 3.05) is 27.2 Å². The monoisotopic (exact) mass is 279 g/mol. The first-order valence-corrected chi connectivity index (χ1v) is 7.45. The molecule has 0 aliphatic heterocycles. The maximum absolute atomic E-state index is 10.3. The molecule has 20 heavy (non-hydrogen) atoms. The zero-order valence-electron chi connectivity index (χ0n) is 13.5. The molecule has 0 aromatic heterocycles. The zero-order chi connectivity index (χ0) is 15.1. The van der Waals surface area contributed by atoms with Crippen LogP contribution in [0.2, 0.25) is 0 Å². The number of hydrogen-bond donors (Lipinski definition) is 1. The van der Waals surface area contributed by atoms with Gasteiger partial charge in [0.15, 0.2) is 0 Å². The van der Waals surface area contributed by atoms with Gasteiger partial charge >= 0.3 is 0 Å². The van der Waals surface area contributed by atoms with Crippen LogP contribution in [-0.4, -0.2) is 37.3 Å². The Morgan fingerprint density at radius 1 is 1.10 bits per heavy atom. The molecule has 0 amide bonds. The molecule has 0 aliphatic rings. The van der Waals surface area contributed by atoms with Crippen LogP contribution >= 0.6 is 0 Å². The molecule has 1 aromatic rings. The van der Waals surface area contributed by atoms with Crippen molar-refractivity contribution in [3.05, 3.63) is 29.8 Å². The van der Waals surface area contributed by atoms with E-state index in [0.717, 1.165) is 30.9 Å². The average Bonchev–Trinajstić information content (AvgIpc) is 2.37. The molecule has 0 spiro atoms. The Labute approximate surface area is 123 Å². The van der Waals surface area contributed by atoms with E-state index >= 15 is 0 Å². The second-order valence-corrected chi connectivity index (χ2v) is 6.28. The lowest BCUT2D eigenvalue weighted by atomic mass is 9.97. The average molecular weight is 279 g/mol. The minimum atomic E-state index is -0.429. The van der Waals surface area contributed by atoms with Crippen molar-refractivity contribution in [1.29, 1.82) is 0 Å². The van der Waals surface area contributed by atoms with Crippen molar-refractivity contribution in [2.45, 2.75) is 33.3 Å². The van der Waals surface area contributed by atoms with Crippen molar-refractivity contribution in [3.8, 4) is 5.75 Å². The standard InChI is InChI=1S/C17H29NO2/c1-13(2)10-11-20-16-8-6-15(7-9-16)17(19)14(3)12-18(4)5/h6-9,13-14,17,19H,10-12H2,1-5H3. The van der Waals surface area contributed by atoms with Gasteiger partial charge in [-0.1, -0.05) is 32.9 Å². The predicted octanol–water partition coefficient (Wildman–Crippen LogP) is 3.34. The lowest BCUT2D eigenvalue weighted by Crippen LogP contribution is -2.24. The summed E-state index contributed by atoms with van der Waals surface area (Å²) in [5.41, 5.74) is 0.954. The molecular weight excluding hydrogens is 250 g/mol. The van der Waals surface area contributed by atoms with Gasteiger partial charge in [0.2, 0.25) is 0 Å². The van der Waals surface area contributed by atoms with Gasteiger partial charge in [0, 0.05) is 6.54 Å². The Morgan fingerprint density at radius 2 is 1.70 bits per heavy atom. The van der Waals surface area contributed by atoms with E-state index in [1.165, 1.54) is 0 Å². The number of aliphatic hydroxyl groups excluding tert-OH is 1. The highest BCUT2D eigenvalue weighted by molar-refractivity contribution is 5.28. The quantitative estimate of drug-likeness (QED) is 0.792. The van der Waals surface area contributed by atoms with E-state index in [4.69, 9.17) is 4.74 Å². The molecule has 2 atom stereocenters. The fourth-order valence-electron chi connectivity index (χ4n) is 2.18. The minimum absolute atomic E-state index is 0.206. The predicted molar refractivity (Wildman–Crippen MR) is 84.1 cm³/mol. The van der Waals surface area contributed by atoms with Crippen molar-refractivity contribution in [1.82, 2.24) is 4.90 Å². The minimum Gasteiger partial charge on any atom is -0.494 e. The van der Waals surface area contributed by atoms with Gasteiger partial charge in [-0.15, -0.1) is 0 Å². The van der Waals surface area contributed by atoms with Gasteiger partial charge in [-0.05, 0) is 50.0 Å². The molecule has 2 unspecified atom stereocenters. The highest BCUT2D eigenvalue weighted by atomic mass is 16.5. The molecule has 0 radical (unpaired) electrons. The van der Waals surface area contributed by atoms with Gasteiger partial charge in [0.05, 0.1) is 12.7 Å². The van der Waals surface area contributed by atoms with Crippen LogP contribution in [0.5, 0.6) is 5.75 Å². The fraction of sp³-hybridized carbons (Fsp3) is 0.647. The van der Waals surface area contributed by atoms with Crippen molar-refractivity contribution >= 4 is 0 Å². The maximum atomic E-state index is 10.3.